The third-order valence-electron chi connectivity index (χ3n) is 1.68. The average molecular weight is 265 g/mol. The van der Waals surface area contributed by atoms with Crippen molar-refractivity contribution in [2.45, 2.75) is 26.0 Å². The van der Waals surface area contributed by atoms with Crippen molar-refractivity contribution in [2.24, 2.45) is 11.5 Å². The first-order valence-electron chi connectivity index (χ1n) is 5.56. The summed E-state index contributed by atoms with van der Waals surface area (Å²) in [5.41, 5.74) is 9.55. The summed E-state index contributed by atoms with van der Waals surface area (Å²) in [5.74, 6) is -0.821. The van der Waals surface area contributed by atoms with E-state index in [4.69, 9.17) is 21.1 Å². The zero-order valence-electron chi connectivity index (χ0n) is 10.6. The van der Waals surface area contributed by atoms with Gasteiger partial charge in [0.25, 0.3) is 0 Å². The summed E-state index contributed by atoms with van der Waals surface area (Å²) in [7, 11) is 0. The summed E-state index contributed by atoms with van der Waals surface area (Å²) >= 11 is 0. The van der Waals surface area contributed by atoms with Crippen LogP contribution < -0.4 is 11.5 Å². The maximum atomic E-state index is 11.3. The van der Waals surface area contributed by atoms with Gasteiger partial charge in [0.05, 0.1) is 19.4 Å². The van der Waals surface area contributed by atoms with Gasteiger partial charge in [0.2, 0.25) is 11.8 Å². The number of primary amides is 1. The Bertz CT molecular complexity index is 227. The summed E-state index contributed by atoms with van der Waals surface area (Å²) in [5, 5.41) is 25.1. The molecule has 8 heteroatoms. The molecule has 0 radical (unpaired) electrons. The number of hydrogen-bond acceptors (Lipinski definition) is 6. The van der Waals surface area contributed by atoms with Gasteiger partial charge in [0.15, 0.2) is 0 Å². The molecule has 7 N–H and O–H groups in total. The second-order valence-corrected chi connectivity index (χ2v) is 3.53. The summed E-state index contributed by atoms with van der Waals surface area (Å²) in [6.45, 7) is 1.50. The van der Waals surface area contributed by atoms with Crippen molar-refractivity contribution >= 4 is 11.8 Å². The van der Waals surface area contributed by atoms with E-state index in [0.717, 1.165) is 0 Å². The van der Waals surface area contributed by atoms with Crippen LogP contribution in [0.1, 0.15) is 19.8 Å². The summed E-state index contributed by atoms with van der Waals surface area (Å²) in [6.07, 6.45) is -0.651. The first-order valence-corrected chi connectivity index (χ1v) is 5.56. The summed E-state index contributed by atoms with van der Waals surface area (Å²) < 4.78 is 0. The fraction of sp³-hybridized carbons (Fsp3) is 0.800. The molecule has 0 saturated heterocycles. The van der Waals surface area contributed by atoms with E-state index in [-0.39, 0.29) is 45.1 Å². The van der Waals surface area contributed by atoms with E-state index in [1.54, 1.807) is 0 Å². The topological polar surface area (TPSA) is 150 Å². The number of carbonyl (C=O) groups is 2. The molecule has 0 saturated carbocycles. The number of amides is 2. The molecule has 1 atom stereocenters. The second-order valence-electron chi connectivity index (χ2n) is 3.53. The van der Waals surface area contributed by atoms with Gasteiger partial charge in [-0.05, 0) is 6.92 Å². The van der Waals surface area contributed by atoms with Gasteiger partial charge in [-0.1, -0.05) is 0 Å². The van der Waals surface area contributed by atoms with Crippen molar-refractivity contribution < 1.29 is 24.9 Å². The molecule has 0 aromatic heterocycles. The normalized spacial score (nSPS) is 11.2. The molecule has 0 rings (SSSR count). The molecular weight excluding hydrogens is 242 g/mol. The molecule has 18 heavy (non-hydrogen) atoms. The number of carbonyl (C=O) groups excluding carboxylic acids is 2. The number of rotatable bonds is 7. The number of nitrogens with two attached hydrogens (primary N) is 2. The lowest BCUT2D eigenvalue weighted by molar-refractivity contribution is -0.134. The van der Waals surface area contributed by atoms with Crippen molar-refractivity contribution in [2.75, 3.05) is 26.3 Å². The van der Waals surface area contributed by atoms with Crippen LogP contribution in [-0.2, 0) is 9.59 Å². The van der Waals surface area contributed by atoms with E-state index in [1.165, 1.54) is 11.8 Å². The molecule has 0 heterocycles. The molecular formula is C10H23N3O5. The molecule has 1 unspecified atom stereocenters. The van der Waals surface area contributed by atoms with Crippen molar-refractivity contribution in [3.05, 3.63) is 0 Å². The van der Waals surface area contributed by atoms with Crippen molar-refractivity contribution in [1.82, 2.24) is 4.90 Å². The maximum Gasteiger partial charge on any atom is 0.223 e. The fourth-order valence-corrected chi connectivity index (χ4v) is 0.991. The first kappa shape index (κ1) is 19.1. The second kappa shape index (κ2) is 12.2. The van der Waals surface area contributed by atoms with E-state index in [0.29, 0.717) is 0 Å². The quantitative estimate of drug-likeness (QED) is 0.317. The molecule has 2 amide bonds. The van der Waals surface area contributed by atoms with Gasteiger partial charge in [-0.25, -0.2) is 0 Å². The zero-order valence-corrected chi connectivity index (χ0v) is 10.6. The van der Waals surface area contributed by atoms with Gasteiger partial charge >= 0.3 is 0 Å². The van der Waals surface area contributed by atoms with Crippen LogP contribution in [0.3, 0.4) is 0 Å². The third kappa shape index (κ3) is 14.8. The predicted molar refractivity (Wildman–Crippen MR) is 65.0 cm³/mol. The van der Waals surface area contributed by atoms with Crippen LogP contribution in [0, 0.1) is 0 Å². The van der Waals surface area contributed by atoms with E-state index < -0.39 is 12.1 Å². The van der Waals surface area contributed by atoms with E-state index in [1.807, 2.05) is 0 Å². The Balaban J connectivity index is 0. The van der Waals surface area contributed by atoms with E-state index in [2.05, 4.69) is 5.73 Å². The Kier molecular flexibility index (Phi) is 13.0. The minimum Gasteiger partial charge on any atom is -0.395 e. The van der Waals surface area contributed by atoms with Gasteiger partial charge in [-0.3, -0.25) is 9.59 Å². The van der Waals surface area contributed by atoms with Crippen LogP contribution in [0.15, 0.2) is 0 Å². The van der Waals surface area contributed by atoms with Crippen molar-refractivity contribution in [1.29, 1.82) is 0 Å². The Hall–Kier alpha value is -1.22. The fourth-order valence-electron chi connectivity index (χ4n) is 0.991. The van der Waals surface area contributed by atoms with E-state index in [9.17, 15) is 9.59 Å². The third-order valence-corrected chi connectivity index (χ3v) is 1.68. The van der Waals surface area contributed by atoms with Crippen LogP contribution in [-0.4, -0.2) is 64.6 Å². The molecule has 8 nitrogen and oxygen atoms in total. The van der Waals surface area contributed by atoms with Crippen LogP contribution in [0.5, 0.6) is 0 Å². The molecule has 0 aliphatic rings. The highest BCUT2D eigenvalue weighted by Crippen LogP contribution is 1.97. The molecule has 0 aliphatic heterocycles. The Morgan fingerprint density at radius 2 is 1.56 bits per heavy atom. The maximum absolute atomic E-state index is 11.3. The monoisotopic (exact) mass is 265 g/mol. The average Bonchev–Trinajstić information content (AvgIpc) is 2.24. The van der Waals surface area contributed by atoms with Crippen LogP contribution in [0.2, 0.25) is 0 Å². The molecule has 0 spiro atoms. The predicted octanol–water partition coefficient (Wildman–Crippen LogP) is -2.65. The lowest BCUT2D eigenvalue weighted by Gasteiger charge is -2.20. The van der Waals surface area contributed by atoms with Gasteiger partial charge < -0.3 is 31.7 Å². The molecule has 108 valence electrons. The lowest BCUT2D eigenvalue weighted by Crippen LogP contribution is -2.36. The summed E-state index contributed by atoms with van der Waals surface area (Å²) in [6, 6.07) is 0. The smallest absolute Gasteiger partial charge is 0.223 e. The number of nitrogens with zero attached hydrogens (tertiary/aromatic N) is 1. The lowest BCUT2D eigenvalue weighted by atomic mass is 10.2. The minimum atomic E-state index is -0.667. The van der Waals surface area contributed by atoms with Gasteiger partial charge in [-0.2, -0.15) is 0 Å². The highest BCUT2D eigenvalue weighted by molar-refractivity contribution is 5.82. The largest absolute Gasteiger partial charge is 0.395 e. The molecule has 0 aromatic carbocycles. The molecule has 0 fully saturated rings. The summed E-state index contributed by atoms with van der Waals surface area (Å²) in [4.78, 5) is 23.0. The molecule has 0 aromatic rings. The van der Waals surface area contributed by atoms with Crippen molar-refractivity contribution in [3.63, 3.8) is 0 Å². The zero-order chi connectivity index (χ0) is 14.6. The van der Waals surface area contributed by atoms with Gasteiger partial charge in [0, 0.05) is 25.9 Å². The van der Waals surface area contributed by atoms with Gasteiger partial charge in [0.1, 0.15) is 0 Å². The SMILES string of the molecule is CC(N)O.NC(=O)CCC(=O)N(CCO)CCO. The number of aliphatic hydroxyl groups excluding tert-OH is 3. The van der Waals surface area contributed by atoms with Crippen LogP contribution >= 0.6 is 0 Å². The molecule has 0 aliphatic carbocycles. The Labute approximate surface area is 106 Å². The van der Waals surface area contributed by atoms with Crippen molar-refractivity contribution in [3.8, 4) is 0 Å². The first-order chi connectivity index (χ1) is 8.34. The number of aliphatic hydroxyl groups is 3. The Morgan fingerprint density at radius 1 is 1.17 bits per heavy atom. The number of hydrogen-bond donors (Lipinski definition) is 5. The van der Waals surface area contributed by atoms with Gasteiger partial charge in [-0.15, -0.1) is 0 Å². The molecule has 0 bridgehead atoms. The van der Waals surface area contributed by atoms with E-state index >= 15 is 0 Å². The highest BCUT2D eigenvalue weighted by Gasteiger charge is 2.12. The highest BCUT2D eigenvalue weighted by atomic mass is 16.3. The standard InChI is InChI=1S/C8H16N2O4.C2H7NO/c9-7(13)1-2-8(14)10(3-5-11)4-6-12;1-2(3)4/h11-12H,1-6H2,(H2,9,13);2,4H,3H2,1H3. The van der Waals surface area contributed by atoms with Crippen LogP contribution in [0.25, 0.3) is 0 Å². The minimum absolute atomic E-state index is 0.00775. The van der Waals surface area contributed by atoms with Crippen LogP contribution in [0.4, 0.5) is 0 Å². The Morgan fingerprint density at radius 3 is 1.83 bits per heavy atom.